The first-order valence-corrected chi connectivity index (χ1v) is 5.92. The highest BCUT2D eigenvalue weighted by atomic mass is 35.5. The van der Waals surface area contributed by atoms with Crippen molar-refractivity contribution in [2.24, 2.45) is 11.8 Å². The second-order valence-corrected chi connectivity index (χ2v) is 4.79. The van der Waals surface area contributed by atoms with E-state index >= 15 is 0 Å². The van der Waals surface area contributed by atoms with Crippen LogP contribution in [0.25, 0.3) is 0 Å². The van der Waals surface area contributed by atoms with Gasteiger partial charge < -0.3 is 10.6 Å². The summed E-state index contributed by atoms with van der Waals surface area (Å²) in [5.74, 6) is -0.490. The second-order valence-electron chi connectivity index (χ2n) is 4.36. The van der Waals surface area contributed by atoms with Gasteiger partial charge in [0.05, 0.1) is 11.6 Å². The Labute approximate surface area is 104 Å². The monoisotopic (exact) mass is 256 g/mol. The van der Waals surface area contributed by atoms with Crippen molar-refractivity contribution in [3.8, 4) is 0 Å². The maximum Gasteiger partial charge on any atom is 0.229 e. The van der Waals surface area contributed by atoms with Crippen molar-refractivity contribution < 1.29 is 9.18 Å². The number of carbonyl (C=O) groups excluding carboxylic acids is 1. The molecule has 1 fully saturated rings. The lowest BCUT2D eigenvalue weighted by molar-refractivity contribution is -0.120. The third-order valence-electron chi connectivity index (χ3n) is 3.04. The molecule has 1 aromatic carbocycles. The summed E-state index contributed by atoms with van der Waals surface area (Å²) in [5.41, 5.74) is 0.140. The highest BCUT2D eigenvalue weighted by Gasteiger charge is 2.29. The van der Waals surface area contributed by atoms with Crippen LogP contribution in [-0.2, 0) is 4.79 Å². The van der Waals surface area contributed by atoms with E-state index in [1.165, 1.54) is 18.2 Å². The van der Waals surface area contributed by atoms with Gasteiger partial charge in [-0.3, -0.25) is 4.79 Å². The summed E-state index contributed by atoms with van der Waals surface area (Å²) in [4.78, 5) is 11.9. The molecule has 0 spiro atoms. The van der Waals surface area contributed by atoms with Gasteiger partial charge in [0.15, 0.2) is 0 Å². The Morgan fingerprint density at radius 3 is 2.94 bits per heavy atom. The minimum atomic E-state index is -0.471. The largest absolute Gasteiger partial charge is 0.323 e. The van der Waals surface area contributed by atoms with Crippen LogP contribution in [0.1, 0.15) is 6.92 Å². The summed E-state index contributed by atoms with van der Waals surface area (Å²) in [6.45, 7) is 3.45. The maximum absolute atomic E-state index is 13.4. The molecule has 0 unspecified atom stereocenters. The lowest BCUT2D eigenvalue weighted by Gasteiger charge is -2.14. The molecule has 2 rings (SSSR count). The standard InChI is InChI=1S/C12H14ClFN2O/c1-7-5-15-6-9(7)12(17)16-11-4-8(13)2-3-10(11)14/h2-4,7,9,15H,5-6H2,1H3,(H,16,17)/t7-,9-/m1/s1. The number of rotatable bonds is 2. The van der Waals surface area contributed by atoms with Gasteiger partial charge in [0.2, 0.25) is 5.91 Å². The number of amides is 1. The van der Waals surface area contributed by atoms with Gasteiger partial charge in [-0.15, -0.1) is 0 Å². The Hall–Kier alpha value is -1.13. The van der Waals surface area contributed by atoms with Gasteiger partial charge in [0, 0.05) is 11.6 Å². The molecule has 3 nitrogen and oxygen atoms in total. The molecule has 17 heavy (non-hydrogen) atoms. The van der Waals surface area contributed by atoms with Crippen LogP contribution in [-0.4, -0.2) is 19.0 Å². The summed E-state index contributed by atoms with van der Waals surface area (Å²) in [6, 6.07) is 4.11. The van der Waals surface area contributed by atoms with E-state index in [2.05, 4.69) is 10.6 Å². The Morgan fingerprint density at radius 1 is 1.53 bits per heavy atom. The molecule has 1 amide bonds. The van der Waals surface area contributed by atoms with Gasteiger partial charge in [0.1, 0.15) is 5.82 Å². The molecule has 0 aromatic heterocycles. The molecule has 1 aromatic rings. The first-order chi connectivity index (χ1) is 8.08. The normalized spacial score (nSPS) is 23.7. The zero-order valence-corrected chi connectivity index (χ0v) is 10.2. The van der Waals surface area contributed by atoms with E-state index in [1.54, 1.807) is 0 Å². The van der Waals surface area contributed by atoms with Crippen molar-refractivity contribution >= 4 is 23.2 Å². The highest BCUT2D eigenvalue weighted by Crippen LogP contribution is 2.22. The van der Waals surface area contributed by atoms with Crippen molar-refractivity contribution in [1.29, 1.82) is 0 Å². The number of benzene rings is 1. The number of hydrogen-bond acceptors (Lipinski definition) is 2. The number of nitrogens with one attached hydrogen (secondary N) is 2. The molecule has 0 radical (unpaired) electrons. The van der Waals surface area contributed by atoms with Gasteiger partial charge >= 0.3 is 0 Å². The fourth-order valence-corrected chi connectivity index (χ4v) is 2.15. The predicted molar refractivity (Wildman–Crippen MR) is 65.6 cm³/mol. The minimum Gasteiger partial charge on any atom is -0.323 e. The minimum absolute atomic E-state index is 0.117. The Balaban J connectivity index is 2.10. The van der Waals surface area contributed by atoms with Crippen LogP contribution >= 0.6 is 11.6 Å². The summed E-state index contributed by atoms with van der Waals surface area (Å²) in [6.07, 6.45) is 0. The van der Waals surface area contributed by atoms with Gasteiger partial charge in [0.25, 0.3) is 0 Å². The quantitative estimate of drug-likeness (QED) is 0.852. The topological polar surface area (TPSA) is 41.1 Å². The van der Waals surface area contributed by atoms with Crippen molar-refractivity contribution in [1.82, 2.24) is 5.32 Å². The van der Waals surface area contributed by atoms with Gasteiger partial charge in [-0.05, 0) is 30.7 Å². The van der Waals surface area contributed by atoms with Crippen molar-refractivity contribution in [3.63, 3.8) is 0 Å². The first kappa shape index (κ1) is 12.3. The molecular weight excluding hydrogens is 243 g/mol. The molecule has 1 heterocycles. The van der Waals surface area contributed by atoms with Crippen LogP contribution in [0.5, 0.6) is 0 Å². The molecular formula is C12H14ClFN2O. The van der Waals surface area contributed by atoms with E-state index in [-0.39, 0.29) is 23.4 Å². The van der Waals surface area contributed by atoms with Crippen LogP contribution in [0.15, 0.2) is 18.2 Å². The molecule has 0 saturated carbocycles. The highest BCUT2D eigenvalue weighted by molar-refractivity contribution is 6.30. The Kier molecular flexibility index (Phi) is 3.64. The predicted octanol–water partition coefficient (Wildman–Crippen LogP) is 2.27. The Bertz CT molecular complexity index is 439. The second kappa shape index (κ2) is 5.02. The van der Waals surface area contributed by atoms with Crippen LogP contribution in [0.4, 0.5) is 10.1 Å². The van der Waals surface area contributed by atoms with Crippen LogP contribution in [0, 0.1) is 17.7 Å². The average Bonchev–Trinajstić information content (AvgIpc) is 2.70. The van der Waals surface area contributed by atoms with Crippen molar-refractivity contribution in [2.45, 2.75) is 6.92 Å². The Morgan fingerprint density at radius 2 is 2.29 bits per heavy atom. The SMILES string of the molecule is C[C@@H]1CNC[C@H]1C(=O)Nc1cc(Cl)ccc1F. The van der Waals surface area contributed by atoms with Gasteiger partial charge in [-0.25, -0.2) is 4.39 Å². The van der Waals surface area contributed by atoms with Crippen LogP contribution in [0.3, 0.4) is 0 Å². The molecule has 1 saturated heterocycles. The maximum atomic E-state index is 13.4. The fraction of sp³-hybridized carbons (Fsp3) is 0.417. The third kappa shape index (κ3) is 2.76. The molecule has 2 N–H and O–H groups in total. The molecule has 1 aliphatic heterocycles. The van der Waals surface area contributed by atoms with E-state index in [9.17, 15) is 9.18 Å². The van der Waals surface area contributed by atoms with E-state index in [0.29, 0.717) is 11.6 Å². The summed E-state index contributed by atoms with van der Waals surface area (Å²) in [7, 11) is 0. The van der Waals surface area contributed by atoms with E-state index < -0.39 is 5.82 Å². The van der Waals surface area contributed by atoms with Crippen molar-refractivity contribution in [2.75, 3.05) is 18.4 Å². The molecule has 0 aliphatic carbocycles. The molecule has 0 bridgehead atoms. The van der Waals surface area contributed by atoms with Crippen LogP contribution < -0.4 is 10.6 Å². The zero-order valence-electron chi connectivity index (χ0n) is 9.47. The van der Waals surface area contributed by atoms with Crippen molar-refractivity contribution in [3.05, 3.63) is 29.0 Å². The lowest BCUT2D eigenvalue weighted by Crippen LogP contribution is -2.28. The molecule has 92 valence electrons. The summed E-state index contributed by atoms with van der Waals surface area (Å²) >= 11 is 5.76. The average molecular weight is 257 g/mol. The number of hydrogen-bond donors (Lipinski definition) is 2. The lowest BCUT2D eigenvalue weighted by atomic mass is 9.97. The summed E-state index contributed by atoms with van der Waals surface area (Å²) < 4.78 is 13.4. The first-order valence-electron chi connectivity index (χ1n) is 5.54. The summed E-state index contributed by atoms with van der Waals surface area (Å²) in [5, 5.41) is 6.12. The molecule has 2 atom stereocenters. The number of anilines is 1. The van der Waals surface area contributed by atoms with E-state index in [1.807, 2.05) is 6.92 Å². The van der Waals surface area contributed by atoms with E-state index in [4.69, 9.17) is 11.6 Å². The van der Waals surface area contributed by atoms with Crippen LogP contribution in [0.2, 0.25) is 5.02 Å². The molecule has 1 aliphatic rings. The number of halogens is 2. The van der Waals surface area contributed by atoms with Gasteiger partial charge in [-0.2, -0.15) is 0 Å². The number of carbonyl (C=O) groups is 1. The zero-order chi connectivity index (χ0) is 12.4. The van der Waals surface area contributed by atoms with Gasteiger partial charge in [-0.1, -0.05) is 18.5 Å². The van der Waals surface area contributed by atoms with E-state index in [0.717, 1.165) is 6.54 Å². The fourth-order valence-electron chi connectivity index (χ4n) is 1.98. The third-order valence-corrected chi connectivity index (χ3v) is 3.28. The molecule has 5 heteroatoms. The smallest absolute Gasteiger partial charge is 0.229 e.